The Morgan fingerprint density at radius 1 is 1.21 bits per heavy atom. The Morgan fingerprint density at radius 3 is 2.63 bits per heavy atom. The molecule has 100 valence electrons. The predicted molar refractivity (Wildman–Crippen MR) is 71.4 cm³/mol. The molecule has 0 aliphatic heterocycles. The van der Waals surface area contributed by atoms with Gasteiger partial charge in [0.15, 0.2) is 17.3 Å². The van der Waals surface area contributed by atoms with Crippen molar-refractivity contribution in [1.82, 2.24) is 4.98 Å². The maximum Gasteiger partial charge on any atom is 0.256 e. The van der Waals surface area contributed by atoms with Gasteiger partial charge in [0.05, 0.1) is 12.5 Å². The largest absolute Gasteiger partial charge is 0.490 e. The van der Waals surface area contributed by atoms with Crippen molar-refractivity contribution in [3.63, 3.8) is 0 Å². The molecule has 1 heterocycles. The van der Waals surface area contributed by atoms with E-state index in [0.717, 1.165) is 0 Å². The van der Waals surface area contributed by atoms with Crippen molar-refractivity contribution < 1.29 is 13.9 Å². The van der Waals surface area contributed by atoms with Crippen LogP contribution in [0.3, 0.4) is 0 Å². The number of hydrogen-bond acceptors (Lipinski definition) is 3. The second-order valence-corrected chi connectivity index (χ2v) is 3.97. The Kier molecular flexibility index (Phi) is 4.58. The number of ether oxygens (including phenoxy) is 2. The molecule has 2 aromatic rings. The van der Waals surface area contributed by atoms with Gasteiger partial charge in [-0.3, -0.25) is 0 Å². The molecule has 1 aromatic heterocycles. The summed E-state index contributed by atoms with van der Waals surface area (Å²) < 4.78 is 24.8. The van der Waals surface area contributed by atoms with Gasteiger partial charge >= 0.3 is 0 Å². The molecule has 0 aliphatic carbocycles. The van der Waals surface area contributed by atoms with E-state index in [-0.39, 0.29) is 11.8 Å². The van der Waals surface area contributed by atoms with E-state index in [0.29, 0.717) is 23.7 Å². The first-order valence-electron chi connectivity index (χ1n) is 5.85. The third-order valence-electron chi connectivity index (χ3n) is 2.44. The lowest BCUT2D eigenvalue weighted by molar-refractivity contribution is 0.316. The van der Waals surface area contributed by atoms with Gasteiger partial charge in [-0.1, -0.05) is 12.1 Å². The lowest BCUT2D eigenvalue weighted by Gasteiger charge is -2.11. The van der Waals surface area contributed by atoms with Gasteiger partial charge in [0.25, 0.3) is 5.88 Å². The minimum Gasteiger partial charge on any atom is -0.490 e. The first-order valence-corrected chi connectivity index (χ1v) is 6.38. The van der Waals surface area contributed by atoms with Crippen LogP contribution in [0.2, 0.25) is 0 Å². The van der Waals surface area contributed by atoms with Gasteiger partial charge in [-0.05, 0) is 25.1 Å². The second kappa shape index (κ2) is 6.38. The van der Waals surface area contributed by atoms with Crippen molar-refractivity contribution >= 4 is 11.6 Å². The highest BCUT2D eigenvalue weighted by Crippen LogP contribution is 2.32. The Morgan fingerprint density at radius 2 is 1.95 bits per heavy atom. The zero-order chi connectivity index (χ0) is 13.7. The van der Waals surface area contributed by atoms with Crippen LogP contribution in [0.25, 0.3) is 0 Å². The second-order valence-electron chi connectivity index (χ2n) is 3.70. The average molecular weight is 282 g/mol. The standard InChI is InChI=1S/C14H13ClFNO2/c1-2-18-11-5-3-4-6-12(11)19-14-13(16)10(9-15)7-8-17-14/h3-8H,2,9H2,1H3. The number of pyridine rings is 1. The van der Waals surface area contributed by atoms with E-state index in [4.69, 9.17) is 21.1 Å². The highest BCUT2D eigenvalue weighted by atomic mass is 35.5. The molecular formula is C14H13ClFNO2. The molecule has 0 atom stereocenters. The summed E-state index contributed by atoms with van der Waals surface area (Å²) in [6.07, 6.45) is 1.46. The minimum absolute atomic E-state index is 0.0673. The number of aromatic nitrogens is 1. The number of benzene rings is 1. The number of rotatable bonds is 5. The Bertz CT molecular complexity index is 563. The van der Waals surface area contributed by atoms with Crippen molar-refractivity contribution in [3.05, 3.63) is 47.9 Å². The van der Waals surface area contributed by atoms with E-state index >= 15 is 0 Å². The third-order valence-corrected chi connectivity index (χ3v) is 2.72. The smallest absolute Gasteiger partial charge is 0.256 e. The molecule has 5 heteroatoms. The lowest BCUT2D eigenvalue weighted by Crippen LogP contribution is -1.98. The molecule has 0 radical (unpaired) electrons. The normalized spacial score (nSPS) is 10.3. The molecule has 0 fully saturated rings. The first kappa shape index (κ1) is 13.6. The summed E-state index contributed by atoms with van der Waals surface area (Å²) in [5.41, 5.74) is 0.348. The van der Waals surface area contributed by atoms with Crippen LogP contribution in [0.15, 0.2) is 36.5 Å². The number of halogens is 2. The van der Waals surface area contributed by atoms with E-state index in [1.54, 1.807) is 18.2 Å². The van der Waals surface area contributed by atoms with Crippen molar-refractivity contribution in [2.45, 2.75) is 12.8 Å². The Labute approximate surface area is 115 Å². The molecule has 2 rings (SSSR count). The lowest BCUT2D eigenvalue weighted by atomic mass is 10.3. The van der Waals surface area contributed by atoms with Gasteiger partial charge in [-0.25, -0.2) is 9.37 Å². The van der Waals surface area contributed by atoms with Gasteiger partial charge in [0.2, 0.25) is 0 Å². The fourth-order valence-electron chi connectivity index (χ4n) is 1.55. The van der Waals surface area contributed by atoms with Crippen LogP contribution >= 0.6 is 11.6 Å². The van der Waals surface area contributed by atoms with Crippen LogP contribution in [-0.2, 0) is 5.88 Å². The molecule has 0 saturated carbocycles. The summed E-state index contributed by atoms with van der Waals surface area (Å²) in [5, 5.41) is 0. The first-order chi connectivity index (χ1) is 9.26. The van der Waals surface area contributed by atoms with Crippen LogP contribution in [0, 0.1) is 5.82 Å². The summed E-state index contributed by atoms with van der Waals surface area (Å²) >= 11 is 5.64. The molecule has 3 nitrogen and oxygen atoms in total. The van der Waals surface area contributed by atoms with Crippen LogP contribution in [0.1, 0.15) is 12.5 Å². The van der Waals surface area contributed by atoms with Gasteiger partial charge < -0.3 is 9.47 Å². The van der Waals surface area contributed by atoms with E-state index < -0.39 is 5.82 Å². The molecule has 0 N–H and O–H groups in total. The summed E-state index contributed by atoms with van der Waals surface area (Å²) in [7, 11) is 0. The van der Waals surface area contributed by atoms with Crippen molar-refractivity contribution in [2.24, 2.45) is 0 Å². The van der Waals surface area contributed by atoms with Gasteiger partial charge in [0, 0.05) is 11.8 Å². The molecular weight excluding hydrogens is 269 g/mol. The van der Waals surface area contributed by atoms with E-state index in [9.17, 15) is 4.39 Å². The number of para-hydroxylation sites is 2. The van der Waals surface area contributed by atoms with Gasteiger partial charge in [-0.15, -0.1) is 11.6 Å². The van der Waals surface area contributed by atoms with E-state index in [1.807, 2.05) is 13.0 Å². The fourth-order valence-corrected chi connectivity index (χ4v) is 1.76. The minimum atomic E-state index is -0.552. The summed E-state index contributed by atoms with van der Waals surface area (Å²) in [6, 6.07) is 8.56. The molecule has 19 heavy (non-hydrogen) atoms. The molecule has 0 saturated heterocycles. The van der Waals surface area contributed by atoms with Crippen molar-refractivity contribution in [3.8, 4) is 17.4 Å². The van der Waals surface area contributed by atoms with Crippen LogP contribution in [0.4, 0.5) is 4.39 Å². The van der Waals surface area contributed by atoms with Crippen LogP contribution < -0.4 is 9.47 Å². The summed E-state index contributed by atoms with van der Waals surface area (Å²) in [5.74, 6) is 0.372. The Hall–Kier alpha value is -1.81. The third kappa shape index (κ3) is 3.15. The fraction of sp³-hybridized carbons (Fsp3) is 0.214. The molecule has 0 unspecified atom stereocenters. The molecule has 0 aliphatic rings. The highest BCUT2D eigenvalue weighted by Gasteiger charge is 2.13. The zero-order valence-corrected chi connectivity index (χ0v) is 11.2. The van der Waals surface area contributed by atoms with Crippen molar-refractivity contribution in [1.29, 1.82) is 0 Å². The predicted octanol–water partition coefficient (Wildman–Crippen LogP) is 4.15. The van der Waals surface area contributed by atoms with Crippen LogP contribution in [0.5, 0.6) is 17.4 Å². The van der Waals surface area contributed by atoms with E-state index in [1.165, 1.54) is 12.3 Å². The maximum absolute atomic E-state index is 14.0. The zero-order valence-electron chi connectivity index (χ0n) is 10.4. The average Bonchev–Trinajstić information content (AvgIpc) is 2.43. The quantitative estimate of drug-likeness (QED) is 0.772. The summed E-state index contributed by atoms with van der Waals surface area (Å²) in [4.78, 5) is 3.87. The number of nitrogens with zero attached hydrogens (tertiary/aromatic N) is 1. The van der Waals surface area contributed by atoms with Crippen LogP contribution in [-0.4, -0.2) is 11.6 Å². The number of hydrogen-bond donors (Lipinski definition) is 0. The van der Waals surface area contributed by atoms with Crippen molar-refractivity contribution in [2.75, 3.05) is 6.61 Å². The summed E-state index contributed by atoms with van der Waals surface area (Å²) in [6.45, 7) is 2.36. The molecule has 1 aromatic carbocycles. The number of alkyl halides is 1. The maximum atomic E-state index is 14.0. The molecule has 0 spiro atoms. The van der Waals surface area contributed by atoms with Gasteiger partial charge in [0.1, 0.15) is 0 Å². The molecule has 0 amide bonds. The monoisotopic (exact) mass is 281 g/mol. The molecule has 0 bridgehead atoms. The topological polar surface area (TPSA) is 31.4 Å². The highest BCUT2D eigenvalue weighted by molar-refractivity contribution is 6.17. The SMILES string of the molecule is CCOc1ccccc1Oc1nccc(CCl)c1F. The van der Waals surface area contributed by atoms with E-state index in [2.05, 4.69) is 4.98 Å². The Balaban J connectivity index is 2.31. The van der Waals surface area contributed by atoms with Gasteiger partial charge in [-0.2, -0.15) is 0 Å².